The summed E-state index contributed by atoms with van der Waals surface area (Å²) in [6.07, 6.45) is -4.49. The number of nitrogens with one attached hydrogen (secondary N) is 1. The zero-order valence-electron chi connectivity index (χ0n) is 17.1. The molecule has 3 rings (SSSR count). The molecule has 10 nitrogen and oxygen atoms in total. The van der Waals surface area contributed by atoms with Gasteiger partial charge in [-0.05, 0) is 24.3 Å². The highest BCUT2D eigenvalue weighted by Crippen LogP contribution is 2.35. The monoisotopic (exact) mass is 515 g/mol. The highest BCUT2D eigenvalue weighted by molar-refractivity contribution is 7.91. The van der Waals surface area contributed by atoms with Crippen LogP contribution >= 0.6 is 11.6 Å². The predicted octanol–water partition coefficient (Wildman–Crippen LogP) is 2.50. The third kappa shape index (κ3) is 5.26. The average Bonchev–Trinajstić information content (AvgIpc) is 2.76. The van der Waals surface area contributed by atoms with Gasteiger partial charge in [-0.25, -0.2) is 18.5 Å². The molecule has 34 heavy (non-hydrogen) atoms. The third-order valence-corrected chi connectivity index (χ3v) is 6.31. The standard InChI is InChI=1S/C19H13ClF3N5O5S/c1-2-34(31,32)14-6-12(26-27-17(14)29)8-28-9-25-16(19(21,22)23)15(18(28)30)33-13-4-10(7-24)3-11(20)5-13/h3-6,9H,2,8H2,1H3,(H,27,29). The molecule has 3 aromatic rings. The molecule has 0 saturated carbocycles. The van der Waals surface area contributed by atoms with Gasteiger partial charge in [0, 0.05) is 5.02 Å². The van der Waals surface area contributed by atoms with Gasteiger partial charge in [-0.2, -0.15) is 23.5 Å². The molecule has 0 fully saturated rings. The Morgan fingerprint density at radius 2 is 1.94 bits per heavy atom. The lowest BCUT2D eigenvalue weighted by atomic mass is 10.2. The molecule has 0 amide bonds. The van der Waals surface area contributed by atoms with E-state index >= 15 is 0 Å². The molecule has 0 saturated heterocycles. The van der Waals surface area contributed by atoms with Gasteiger partial charge in [0.25, 0.3) is 11.1 Å². The molecule has 15 heteroatoms. The first-order chi connectivity index (χ1) is 15.9. The Bertz CT molecular complexity index is 1530. The summed E-state index contributed by atoms with van der Waals surface area (Å²) in [5, 5.41) is 14.6. The molecule has 0 bridgehead atoms. The van der Waals surface area contributed by atoms with Gasteiger partial charge in [0.05, 0.1) is 36.0 Å². The highest BCUT2D eigenvalue weighted by atomic mass is 35.5. The quantitative estimate of drug-likeness (QED) is 0.526. The van der Waals surface area contributed by atoms with Gasteiger partial charge in [-0.15, -0.1) is 0 Å². The number of rotatable bonds is 6. The van der Waals surface area contributed by atoms with Crippen LogP contribution in [0.25, 0.3) is 0 Å². The number of nitriles is 1. The van der Waals surface area contributed by atoms with E-state index in [0.29, 0.717) is 10.9 Å². The van der Waals surface area contributed by atoms with Gasteiger partial charge < -0.3 is 4.74 Å². The maximum Gasteiger partial charge on any atom is 0.437 e. The van der Waals surface area contributed by atoms with E-state index in [-0.39, 0.29) is 27.8 Å². The summed E-state index contributed by atoms with van der Waals surface area (Å²) in [6, 6.07) is 6.09. The predicted molar refractivity (Wildman–Crippen MR) is 111 cm³/mol. The fourth-order valence-corrected chi connectivity index (χ4v) is 3.93. The molecule has 0 aliphatic heterocycles. The van der Waals surface area contributed by atoms with E-state index in [1.807, 2.05) is 5.10 Å². The molecular formula is C19H13ClF3N5O5S. The van der Waals surface area contributed by atoms with E-state index in [1.54, 1.807) is 6.07 Å². The maximum absolute atomic E-state index is 13.5. The molecule has 1 aromatic carbocycles. The summed E-state index contributed by atoms with van der Waals surface area (Å²) in [6.45, 7) is 0.776. The van der Waals surface area contributed by atoms with Gasteiger partial charge >= 0.3 is 6.18 Å². The van der Waals surface area contributed by atoms with Crippen LogP contribution in [0.2, 0.25) is 5.02 Å². The van der Waals surface area contributed by atoms with E-state index in [4.69, 9.17) is 21.6 Å². The normalized spacial score (nSPS) is 11.8. The van der Waals surface area contributed by atoms with Crippen molar-refractivity contribution in [2.24, 2.45) is 0 Å². The Morgan fingerprint density at radius 3 is 2.56 bits per heavy atom. The van der Waals surface area contributed by atoms with E-state index in [1.165, 1.54) is 13.0 Å². The van der Waals surface area contributed by atoms with Gasteiger partial charge in [-0.1, -0.05) is 18.5 Å². The Morgan fingerprint density at radius 1 is 1.24 bits per heavy atom. The van der Waals surface area contributed by atoms with Crippen molar-refractivity contribution in [2.45, 2.75) is 24.5 Å². The van der Waals surface area contributed by atoms with Crippen molar-refractivity contribution >= 4 is 21.4 Å². The van der Waals surface area contributed by atoms with Gasteiger partial charge in [0.2, 0.25) is 5.75 Å². The second-order valence-electron chi connectivity index (χ2n) is 6.70. The Hall–Kier alpha value is -3.70. The molecule has 178 valence electrons. The number of ether oxygens (including phenoxy) is 1. The fourth-order valence-electron chi connectivity index (χ4n) is 2.75. The van der Waals surface area contributed by atoms with Crippen molar-refractivity contribution in [2.75, 3.05) is 5.75 Å². The van der Waals surface area contributed by atoms with Crippen molar-refractivity contribution in [3.8, 4) is 17.6 Å². The van der Waals surface area contributed by atoms with Crippen LogP contribution in [0.15, 0.2) is 45.1 Å². The van der Waals surface area contributed by atoms with E-state index < -0.39 is 50.0 Å². The Kier molecular flexibility index (Phi) is 6.80. The number of halogens is 4. The largest absolute Gasteiger partial charge is 0.449 e. The number of sulfone groups is 1. The van der Waals surface area contributed by atoms with Crippen LogP contribution < -0.4 is 15.9 Å². The first-order valence-corrected chi connectivity index (χ1v) is 11.2. The second-order valence-corrected chi connectivity index (χ2v) is 9.38. The number of benzene rings is 1. The number of aromatic amines is 1. The van der Waals surface area contributed by atoms with Crippen molar-refractivity contribution in [1.82, 2.24) is 19.7 Å². The molecule has 0 aliphatic carbocycles. The smallest absolute Gasteiger partial charge is 0.437 e. The molecule has 2 heterocycles. The molecule has 0 spiro atoms. The minimum absolute atomic E-state index is 0.0195. The number of alkyl halides is 3. The zero-order chi connectivity index (χ0) is 25.3. The molecule has 2 aromatic heterocycles. The summed E-state index contributed by atoms with van der Waals surface area (Å²) >= 11 is 5.84. The van der Waals surface area contributed by atoms with Gasteiger partial charge in [0.1, 0.15) is 10.6 Å². The van der Waals surface area contributed by atoms with E-state index in [0.717, 1.165) is 18.2 Å². The molecule has 0 aliphatic rings. The van der Waals surface area contributed by atoms with Gasteiger partial charge in [0.15, 0.2) is 15.5 Å². The number of nitrogens with zero attached hydrogens (tertiary/aromatic N) is 4. The first-order valence-electron chi connectivity index (χ1n) is 9.22. The third-order valence-electron chi connectivity index (χ3n) is 4.36. The SMILES string of the molecule is CCS(=O)(=O)c1cc(Cn2cnc(C(F)(F)F)c(Oc3cc(Cl)cc(C#N)c3)c2=O)n[nH]c1=O. The Balaban J connectivity index is 2.11. The minimum atomic E-state index is -5.07. The van der Waals surface area contributed by atoms with E-state index in [2.05, 4.69) is 10.1 Å². The van der Waals surface area contributed by atoms with Crippen molar-refractivity contribution in [3.05, 3.63) is 73.3 Å². The fraction of sp³-hybridized carbons (Fsp3) is 0.211. The van der Waals surface area contributed by atoms with Crippen LogP contribution in [0.4, 0.5) is 13.2 Å². The van der Waals surface area contributed by atoms with Crippen LogP contribution in [-0.2, 0) is 22.6 Å². The summed E-state index contributed by atoms with van der Waals surface area (Å²) in [5.74, 6) is -1.90. The van der Waals surface area contributed by atoms with Crippen molar-refractivity contribution in [3.63, 3.8) is 0 Å². The number of hydrogen-bond acceptors (Lipinski definition) is 8. The summed E-state index contributed by atoms with van der Waals surface area (Å²) in [4.78, 5) is 27.4. The van der Waals surface area contributed by atoms with Crippen molar-refractivity contribution < 1.29 is 26.3 Å². The lowest BCUT2D eigenvalue weighted by Crippen LogP contribution is -2.28. The lowest BCUT2D eigenvalue weighted by Gasteiger charge is -2.15. The van der Waals surface area contributed by atoms with Gasteiger partial charge in [-0.3, -0.25) is 14.2 Å². The molecule has 0 radical (unpaired) electrons. The number of aromatic nitrogens is 4. The van der Waals surface area contributed by atoms with Crippen LogP contribution in [0.5, 0.6) is 11.5 Å². The molecule has 0 atom stereocenters. The van der Waals surface area contributed by atoms with Crippen LogP contribution in [-0.4, -0.2) is 33.9 Å². The average molecular weight is 516 g/mol. The minimum Gasteiger partial charge on any atom is -0.449 e. The first kappa shape index (κ1) is 24.9. The summed E-state index contributed by atoms with van der Waals surface area (Å²) < 4.78 is 70.5. The van der Waals surface area contributed by atoms with Crippen LogP contribution in [0.3, 0.4) is 0 Å². The van der Waals surface area contributed by atoms with Crippen molar-refractivity contribution in [1.29, 1.82) is 5.26 Å². The van der Waals surface area contributed by atoms with E-state index in [9.17, 15) is 31.2 Å². The number of hydrogen-bond donors (Lipinski definition) is 1. The molecule has 1 N–H and O–H groups in total. The summed E-state index contributed by atoms with van der Waals surface area (Å²) in [7, 11) is -3.94. The lowest BCUT2D eigenvalue weighted by molar-refractivity contribution is -0.142. The molecular weight excluding hydrogens is 503 g/mol. The number of H-pyrrole nitrogens is 1. The topological polar surface area (TPSA) is 148 Å². The van der Waals surface area contributed by atoms with Crippen LogP contribution in [0, 0.1) is 11.3 Å². The van der Waals surface area contributed by atoms with Crippen LogP contribution in [0.1, 0.15) is 23.9 Å². The zero-order valence-corrected chi connectivity index (χ0v) is 18.6. The highest BCUT2D eigenvalue weighted by Gasteiger charge is 2.39. The summed E-state index contributed by atoms with van der Waals surface area (Å²) in [5.41, 5.74) is -4.07. The maximum atomic E-state index is 13.5. The second kappa shape index (κ2) is 9.27. The molecule has 0 unspecified atom stereocenters. The Labute approximate surface area is 194 Å².